The fourth-order valence-electron chi connectivity index (χ4n) is 3.14. The molecule has 1 aliphatic heterocycles. The summed E-state index contributed by atoms with van der Waals surface area (Å²) in [6, 6.07) is 14.3. The Kier molecular flexibility index (Phi) is 9.41. The van der Waals surface area contributed by atoms with Crippen molar-refractivity contribution in [2.24, 2.45) is 0 Å². The monoisotopic (exact) mass is 396 g/mol. The van der Waals surface area contributed by atoms with Crippen LogP contribution in [0.4, 0.5) is 5.69 Å². The molecule has 7 heteroatoms. The maximum atomic E-state index is 12.2. The predicted molar refractivity (Wildman–Crippen MR) is 110 cm³/mol. The number of carbonyl (C=O) groups is 1. The van der Waals surface area contributed by atoms with Gasteiger partial charge in [-0.1, -0.05) is 30.3 Å². The molecular weight excluding hydrogens is 371 g/mol. The van der Waals surface area contributed by atoms with E-state index < -0.39 is 0 Å². The van der Waals surface area contributed by atoms with Gasteiger partial charge in [0, 0.05) is 24.8 Å². The summed E-state index contributed by atoms with van der Waals surface area (Å²) in [6.07, 6.45) is 4.03. The van der Waals surface area contributed by atoms with E-state index in [-0.39, 0.29) is 36.8 Å². The minimum absolute atomic E-state index is 0. The molecular formula is C19H26Cl2N4O. The summed E-state index contributed by atoms with van der Waals surface area (Å²) in [7, 11) is 0. The van der Waals surface area contributed by atoms with E-state index in [0.29, 0.717) is 12.1 Å². The van der Waals surface area contributed by atoms with Gasteiger partial charge in [0.2, 0.25) is 5.91 Å². The van der Waals surface area contributed by atoms with Crippen molar-refractivity contribution in [1.29, 1.82) is 0 Å². The Hall–Kier alpha value is -1.82. The van der Waals surface area contributed by atoms with Crippen LogP contribution >= 0.6 is 24.8 Å². The largest absolute Gasteiger partial charge is 0.397 e. The van der Waals surface area contributed by atoms with E-state index in [1.54, 1.807) is 18.3 Å². The molecule has 0 aliphatic carbocycles. The summed E-state index contributed by atoms with van der Waals surface area (Å²) >= 11 is 0. The molecule has 0 radical (unpaired) electrons. The number of nitrogens with two attached hydrogens (primary N) is 1. The Morgan fingerprint density at radius 1 is 1.19 bits per heavy atom. The van der Waals surface area contributed by atoms with E-state index in [1.807, 2.05) is 6.07 Å². The summed E-state index contributed by atoms with van der Waals surface area (Å²) in [5.41, 5.74) is 8.29. The SMILES string of the molecule is Cl.Cl.Nc1ccc(CC(=O)NC2CCCN(Cc3ccccc3)C2)nc1. The lowest BCUT2D eigenvalue weighted by molar-refractivity contribution is -0.121. The third-order valence-corrected chi connectivity index (χ3v) is 4.31. The van der Waals surface area contributed by atoms with Crippen molar-refractivity contribution in [2.45, 2.75) is 31.8 Å². The van der Waals surface area contributed by atoms with Gasteiger partial charge in [-0.25, -0.2) is 0 Å². The summed E-state index contributed by atoms with van der Waals surface area (Å²) in [5.74, 6) is 0.0267. The lowest BCUT2D eigenvalue weighted by Crippen LogP contribution is -2.47. The molecule has 3 N–H and O–H groups in total. The van der Waals surface area contributed by atoms with Crippen LogP contribution in [-0.4, -0.2) is 34.9 Å². The van der Waals surface area contributed by atoms with E-state index in [4.69, 9.17) is 5.73 Å². The maximum absolute atomic E-state index is 12.2. The zero-order chi connectivity index (χ0) is 16.8. The fraction of sp³-hybridized carbons (Fsp3) is 0.368. The molecule has 1 aromatic heterocycles. The number of aromatic nitrogens is 1. The number of nitrogen functional groups attached to an aromatic ring is 1. The Balaban J connectivity index is 0.00000169. The van der Waals surface area contributed by atoms with Crippen molar-refractivity contribution < 1.29 is 4.79 Å². The number of rotatable bonds is 5. The molecule has 1 aromatic carbocycles. The first kappa shape index (κ1) is 22.2. The Bertz CT molecular complexity index is 667. The van der Waals surface area contributed by atoms with Crippen LogP contribution in [-0.2, 0) is 17.8 Å². The maximum Gasteiger partial charge on any atom is 0.226 e. The van der Waals surface area contributed by atoms with Gasteiger partial charge in [-0.3, -0.25) is 14.7 Å². The number of likely N-dealkylation sites (tertiary alicyclic amines) is 1. The van der Waals surface area contributed by atoms with Crippen LogP contribution in [0, 0.1) is 0 Å². The fourth-order valence-corrected chi connectivity index (χ4v) is 3.14. The normalized spacial score (nSPS) is 16.8. The van der Waals surface area contributed by atoms with Gasteiger partial charge in [0.1, 0.15) is 0 Å². The first-order valence-corrected chi connectivity index (χ1v) is 8.45. The molecule has 0 spiro atoms. The van der Waals surface area contributed by atoms with Crippen LogP contribution in [0.2, 0.25) is 0 Å². The molecule has 1 atom stereocenters. The number of halogens is 2. The predicted octanol–water partition coefficient (Wildman–Crippen LogP) is 2.83. The molecule has 1 unspecified atom stereocenters. The van der Waals surface area contributed by atoms with Crippen LogP contribution in [0.15, 0.2) is 48.7 Å². The number of nitrogens with one attached hydrogen (secondary N) is 1. The van der Waals surface area contributed by atoms with Crippen LogP contribution in [0.1, 0.15) is 24.1 Å². The van der Waals surface area contributed by atoms with Gasteiger partial charge < -0.3 is 11.1 Å². The first-order valence-electron chi connectivity index (χ1n) is 8.45. The zero-order valence-electron chi connectivity index (χ0n) is 14.6. The molecule has 3 rings (SSSR count). The zero-order valence-corrected chi connectivity index (χ0v) is 16.3. The Labute approximate surface area is 167 Å². The number of hydrogen-bond acceptors (Lipinski definition) is 4. The molecule has 0 bridgehead atoms. The molecule has 0 saturated carbocycles. The minimum Gasteiger partial charge on any atom is -0.397 e. The second-order valence-corrected chi connectivity index (χ2v) is 6.39. The van der Waals surface area contributed by atoms with Gasteiger partial charge >= 0.3 is 0 Å². The average molecular weight is 397 g/mol. The third kappa shape index (κ3) is 6.83. The van der Waals surface area contributed by atoms with Crippen molar-refractivity contribution in [3.8, 4) is 0 Å². The standard InChI is InChI=1S/C19H24N4O.2ClH/c20-16-8-9-17(21-12-16)11-19(24)22-18-7-4-10-23(14-18)13-15-5-2-1-3-6-15;;/h1-3,5-6,8-9,12,18H,4,7,10-11,13-14,20H2,(H,22,24);2*1H. The quantitative estimate of drug-likeness (QED) is 0.814. The number of hydrogen-bond donors (Lipinski definition) is 2. The number of pyridine rings is 1. The number of carbonyl (C=O) groups excluding carboxylic acids is 1. The smallest absolute Gasteiger partial charge is 0.226 e. The molecule has 142 valence electrons. The van der Waals surface area contributed by atoms with Gasteiger partial charge in [-0.05, 0) is 37.1 Å². The highest BCUT2D eigenvalue weighted by Crippen LogP contribution is 2.14. The van der Waals surface area contributed by atoms with E-state index in [9.17, 15) is 4.79 Å². The number of anilines is 1. The van der Waals surface area contributed by atoms with E-state index >= 15 is 0 Å². The van der Waals surface area contributed by atoms with Gasteiger partial charge in [0.15, 0.2) is 0 Å². The van der Waals surface area contributed by atoms with Crippen LogP contribution in [0.5, 0.6) is 0 Å². The number of benzene rings is 1. The first-order chi connectivity index (χ1) is 11.7. The number of nitrogens with zero attached hydrogens (tertiary/aromatic N) is 2. The van der Waals surface area contributed by atoms with Gasteiger partial charge in [-0.2, -0.15) is 0 Å². The van der Waals surface area contributed by atoms with E-state index in [2.05, 4.69) is 39.5 Å². The molecule has 2 aromatic rings. The topological polar surface area (TPSA) is 71.2 Å². The highest BCUT2D eigenvalue weighted by molar-refractivity contribution is 5.85. The highest BCUT2D eigenvalue weighted by atomic mass is 35.5. The number of piperidine rings is 1. The second-order valence-electron chi connectivity index (χ2n) is 6.39. The van der Waals surface area contributed by atoms with Crippen molar-refractivity contribution in [3.63, 3.8) is 0 Å². The number of amides is 1. The van der Waals surface area contributed by atoms with Crippen molar-refractivity contribution in [1.82, 2.24) is 15.2 Å². The molecule has 2 heterocycles. The van der Waals surface area contributed by atoms with Gasteiger partial charge in [-0.15, -0.1) is 24.8 Å². The van der Waals surface area contributed by atoms with Gasteiger partial charge in [0.05, 0.1) is 18.3 Å². The molecule has 1 amide bonds. The minimum atomic E-state index is 0. The summed E-state index contributed by atoms with van der Waals surface area (Å²) in [6.45, 7) is 2.92. The highest BCUT2D eigenvalue weighted by Gasteiger charge is 2.21. The van der Waals surface area contributed by atoms with Gasteiger partial charge in [0.25, 0.3) is 0 Å². The molecule has 1 aliphatic rings. The van der Waals surface area contributed by atoms with Crippen molar-refractivity contribution in [2.75, 3.05) is 18.8 Å². The molecule has 1 fully saturated rings. The van der Waals surface area contributed by atoms with Crippen LogP contribution in [0.3, 0.4) is 0 Å². The van der Waals surface area contributed by atoms with E-state index in [1.165, 1.54) is 5.56 Å². The lowest BCUT2D eigenvalue weighted by atomic mass is 10.0. The van der Waals surface area contributed by atoms with Crippen LogP contribution < -0.4 is 11.1 Å². The lowest BCUT2D eigenvalue weighted by Gasteiger charge is -2.33. The van der Waals surface area contributed by atoms with Crippen LogP contribution in [0.25, 0.3) is 0 Å². The molecule has 1 saturated heterocycles. The average Bonchev–Trinajstić information content (AvgIpc) is 2.58. The molecule has 26 heavy (non-hydrogen) atoms. The van der Waals surface area contributed by atoms with Crippen molar-refractivity contribution in [3.05, 3.63) is 59.9 Å². The summed E-state index contributed by atoms with van der Waals surface area (Å²) in [4.78, 5) is 18.8. The Morgan fingerprint density at radius 2 is 1.96 bits per heavy atom. The van der Waals surface area contributed by atoms with Crippen molar-refractivity contribution >= 4 is 36.4 Å². The van der Waals surface area contributed by atoms with E-state index in [0.717, 1.165) is 38.2 Å². The summed E-state index contributed by atoms with van der Waals surface area (Å²) < 4.78 is 0. The summed E-state index contributed by atoms with van der Waals surface area (Å²) in [5, 5.41) is 3.15. The molecule has 5 nitrogen and oxygen atoms in total. The third-order valence-electron chi connectivity index (χ3n) is 4.31. The Morgan fingerprint density at radius 3 is 2.65 bits per heavy atom. The second kappa shape index (κ2) is 11.0.